The molecule has 1 N–H and O–H groups in total. The molecule has 0 spiro atoms. The summed E-state index contributed by atoms with van der Waals surface area (Å²) in [6, 6.07) is 8.90. The van der Waals surface area contributed by atoms with Crippen LogP contribution in [0.5, 0.6) is 0 Å². The fourth-order valence-corrected chi connectivity index (χ4v) is 2.19. The van der Waals surface area contributed by atoms with Crippen molar-refractivity contribution in [3.05, 3.63) is 53.6 Å². The Bertz CT molecular complexity index is 785. The summed E-state index contributed by atoms with van der Waals surface area (Å²) < 4.78 is 43.4. The predicted molar refractivity (Wildman–Crippen MR) is 82.5 cm³/mol. The number of rotatable bonds is 3. The SMILES string of the molecule is COC(=O)c1ccc(NC(C)=O)c(-c2cccc(C(F)(F)F)c2)c1. The Morgan fingerprint density at radius 2 is 1.79 bits per heavy atom. The quantitative estimate of drug-likeness (QED) is 0.857. The van der Waals surface area contributed by atoms with Crippen molar-refractivity contribution in [3.8, 4) is 11.1 Å². The van der Waals surface area contributed by atoms with Crippen LogP contribution in [0.25, 0.3) is 11.1 Å². The number of carbonyl (C=O) groups is 2. The van der Waals surface area contributed by atoms with Crippen LogP contribution < -0.4 is 5.32 Å². The van der Waals surface area contributed by atoms with Crippen molar-refractivity contribution in [1.29, 1.82) is 0 Å². The van der Waals surface area contributed by atoms with Gasteiger partial charge in [0.15, 0.2) is 0 Å². The Hall–Kier alpha value is -2.83. The molecule has 0 fully saturated rings. The third-order valence-corrected chi connectivity index (χ3v) is 3.25. The van der Waals surface area contributed by atoms with Gasteiger partial charge in [-0.05, 0) is 35.9 Å². The van der Waals surface area contributed by atoms with Crippen LogP contribution in [0.15, 0.2) is 42.5 Å². The van der Waals surface area contributed by atoms with Crippen molar-refractivity contribution in [2.45, 2.75) is 13.1 Å². The van der Waals surface area contributed by atoms with E-state index in [1.54, 1.807) is 0 Å². The molecule has 0 heterocycles. The van der Waals surface area contributed by atoms with E-state index in [1.165, 1.54) is 44.4 Å². The number of hydrogen-bond acceptors (Lipinski definition) is 3. The maximum absolute atomic E-state index is 12.9. The monoisotopic (exact) mass is 337 g/mol. The first kappa shape index (κ1) is 17.5. The number of carbonyl (C=O) groups excluding carboxylic acids is 2. The van der Waals surface area contributed by atoms with E-state index in [2.05, 4.69) is 10.1 Å². The summed E-state index contributed by atoms with van der Waals surface area (Å²) in [5.74, 6) is -1.01. The minimum absolute atomic E-state index is 0.166. The first-order valence-corrected chi connectivity index (χ1v) is 6.90. The zero-order chi connectivity index (χ0) is 17.9. The van der Waals surface area contributed by atoms with Crippen molar-refractivity contribution in [1.82, 2.24) is 0 Å². The molecular formula is C17H14F3NO3. The third-order valence-electron chi connectivity index (χ3n) is 3.25. The van der Waals surface area contributed by atoms with Gasteiger partial charge in [-0.15, -0.1) is 0 Å². The molecule has 0 radical (unpaired) electrons. The lowest BCUT2D eigenvalue weighted by atomic mass is 9.98. The molecule has 0 unspecified atom stereocenters. The summed E-state index contributed by atoms with van der Waals surface area (Å²) in [5.41, 5.74) is 0.157. The first-order chi connectivity index (χ1) is 11.2. The number of methoxy groups -OCH3 is 1. The number of alkyl halides is 3. The molecule has 0 aliphatic heterocycles. The standard InChI is InChI=1S/C17H14F3NO3/c1-10(22)21-15-7-6-12(16(23)24-2)9-14(15)11-4-3-5-13(8-11)17(18,19)20/h3-9H,1-2H3,(H,21,22). The Morgan fingerprint density at radius 3 is 2.38 bits per heavy atom. The largest absolute Gasteiger partial charge is 0.465 e. The van der Waals surface area contributed by atoms with Gasteiger partial charge in [-0.25, -0.2) is 4.79 Å². The Labute approximate surface area is 136 Å². The fourth-order valence-electron chi connectivity index (χ4n) is 2.19. The summed E-state index contributed by atoms with van der Waals surface area (Å²) >= 11 is 0. The molecule has 2 aromatic rings. The van der Waals surface area contributed by atoms with Crippen LogP contribution in [-0.2, 0) is 15.7 Å². The lowest BCUT2D eigenvalue weighted by Crippen LogP contribution is -2.09. The summed E-state index contributed by atoms with van der Waals surface area (Å²) in [6.07, 6.45) is -4.50. The van der Waals surface area contributed by atoms with Gasteiger partial charge >= 0.3 is 12.1 Å². The molecule has 0 saturated heterocycles. The van der Waals surface area contributed by atoms with Crippen molar-refractivity contribution < 1.29 is 27.5 Å². The first-order valence-electron chi connectivity index (χ1n) is 6.90. The highest BCUT2D eigenvalue weighted by atomic mass is 19.4. The number of benzene rings is 2. The highest BCUT2D eigenvalue weighted by Gasteiger charge is 2.30. The molecular weight excluding hydrogens is 323 g/mol. The van der Waals surface area contributed by atoms with E-state index in [9.17, 15) is 22.8 Å². The van der Waals surface area contributed by atoms with Crippen molar-refractivity contribution in [3.63, 3.8) is 0 Å². The number of amides is 1. The predicted octanol–water partition coefficient (Wildman–Crippen LogP) is 4.12. The molecule has 2 aromatic carbocycles. The topological polar surface area (TPSA) is 55.4 Å². The molecule has 7 heteroatoms. The molecule has 126 valence electrons. The smallest absolute Gasteiger partial charge is 0.416 e. The van der Waals surface area contributed by atoms with Crippen LogP contribution in [0, 0.1) is 0 Å². The molecule has 0 aromatic heterocycles. The van der Waals surface area contributed by atoms with Crippen LogP contribution in [-0.4, -0.2) is 19.0 Å². The molecule has 2 rings (SSSR count). The van der Waals surface area contributed by atoms with Crippen LogP contribution in [0.1, 0.15) is 22.8 Å². The summed E-state index contributed by atoms with van der Waals surface area (Å²) in [7, 11) is 1.20. The van der Waals surface area contributed by atoms with Crippen molar-refractivity contribution in [2.24, 2.45) is 0 Å². The number of anilines is 1. The number of halogens is 3. The molecule has 0 aliphatic rings. The lowest BCUT2D eigenvalue weighted by molar-refractivity contribution is -0.137. The second kappa shape index (κ2) is 6.74. The average Bonchev–Trinajstić information content (AvgIpc) is 2.53. The van der Waals surface area contributed by atoms with Gasteiger partial charge in [0.1, 0.15) is 0 Å². The van der Waals surface area contributed by atoms with Gasteiger partial charge in [-0.1, -0.05) is 12.1 Å². The number of esters is 1. The molecule has 0 atom stereocenters. The van der Waals surface area contributed by atoms with Gasteiger partial charge in [-0.2, -0.15) is 13.2 Å². The third kappa shape index (κ3) is 3.92. The minimum atomic E-state index is -4.50. The molecule has 24 heavy (non-hydrogen) atoms. The van der Waals surface area contributed by atoms with Crippen molar-refractivity contribution in [2.75, 3.05) is 12.4 Å². The van der Waals surface area contributed by atoms with E-state index in [1.807, 2.05) is 0 Å². The maximum atomic E-state index is 12.9. The van der Waals surface area contributed by atoms with E-state index >= 15 is 0 Å². The van der Waals surface area contributed by atoms with Gasteiger partial charge in [0.05, 0.1) is 18.2 Å². The van der Waals surface area contributed by atoms with Gasteiger partial charge in [0.2, 0.25) is 5.91 Å². The number of nitrogens with one attached hydrogen (secondary N) is 1. The summed E-state index contributed by atoms with van der Waals surface area (Å²) in [6.45, 7) is 1.28. The zero-order valence-corrected chi connectivity index (χ0v) is 12.9. The number of hydrogen-bond donors (Lipinski definition) is 1. The maximum Gasteiger partial charge on any atom is 0.416 e. The highest BCUT2D eigenvalue weighted by molar-refractivity contribution is 5.97. The molecule has 1 amide bonds. The average molecular weight is 337 g/mol. The highest BCUT2D eigenvalue weighted by Crippen LogP contribution is 2.35. The summed E-state index contributed by atoms with van der Waals surface area (Å²) in [5, 5.41) is 2.54. The van der Waals surface area contributed by atoms with Gasteiger partial charge in [-0.3, -0.25) is 4.79 Å². The lowest BCUT2D eigenvalue weighted by Gasteiger charge is -2.14. The van der Waals surface area contributed by atoms with E-state index < -0.39 is 17.7 Å². The number of ether oxygens (including phenoxy) is 1. The molecule has 4 nitrogen and oxygen atoms in total. The second-order valence-electron chi connectivity index (χ2n) is 5.01. The van der Waals surface area contributed by atoms with E-state index in [4.69, 9.17) is 0 Å². The molecule has 0 bridgehead atoms. The van der Waals surface area contributed by atoms with Gasteiger partial charge in [0.25, 0.3) is 0 Å². The van der Waals surface area contributed by atoms with E-state index in [0.717, 1.165) is 12.1 Å². The second-order valence-corrected chi connectivity index (χ2v) is 5.01. The van der Waals surface area contributed by atoms with Crippen LogP contribution in [0.4, 0.5) is 18.9 Å². The molecule has 0 aliphatic carbocycles. The van der Waals surface area contributed by atoms with Crippen LogP contribution in [0.3, 0.4) is 0 Å². The Kier molecular flexibility index (Phi) is 4.92. The van der Waals surface area contributed by atoms with E-state index in [-0.39, 0.29) is 17.0 Å². The summed E-state index contributed by atoms with van der Waals surface area (Å²) in [4.78, 5) is 23.0. The van der Waals surface area contributed by atoms with Crippen LogP contribution >= 0.6 is 0 Å². The minimum Gasteiger partial charge on any atom is -0.465 e. The zero-order valence-electron chi connectivity index (χ0n) is 12.9. The Balaban J connectivity index is 2.61. The van der Waals surface area contributed by atoms with E-state index in [0.29, 0.717) is 11.3 Å². The van der Waals surface area contributed by atoms with Gasteiger partial charge < -0.3 is 10.1 Å². The fraction of sp³-hybridized carbons (Fsp3) is 0.176. The molecule has 0 saturated carbocycles. The van der Waals surface area contributed by atoms with Crippen LogP contribution in [0.2, 0.25) is 0 Å². The normalized spacial score (nSPS) is 11.0. The Morgan fingerprint density at radius 1 is 1.08 bits per heavy atom. The van der Waals surface area contributed by atoms with Gasteiger partial charge in [0, 0.05) is 18.2 Å². The van der Waals surface area contributed by atoms with Crippen molar-refractivity contribution >= 4 is 17.6 Å².